The highest BCUT2D eigenvalue weighted by Gasteiger charge is 2.37. The number of rotatable bonds is 13. The topological polar surface area (TPSA) is 172 Å². The first-order valence-corrected chi connectivity index (χ1v) is 11.8. The molecule has 2 aromatic rings. The third kappa shape index (κ3) is 8.80. The van der Waals surface area contributed by atoms with Gasteiger partial charge in [0.15, 0.2) is 5.96 Å². The molecule has 0 spiro atoms. The van der Waals surface area contributed by atoms with E-state index in [1.165, 1.54) is 6.92 Å². The number of carbonyl (C=O) groups excluding carboxylic acids is 2. The average Bonchev–Trinajstić information content (AvgIpc) is 2.80. The Bertz CT molecular complexity index is 1080. The van der Waals surface area contributed by atoms with Crippen molar-refractivity contribution in [2.45, 2.75) is 44.5 Å². The van der Waals surface area contributed by atoms with Crippen molar-refractivity contribution in [3.05, 3.63) is 64.1 Å². The molecule has 36 heavy (non-hydrogen) atoms. The van der Waals surface area contributed by atoms with Crippen molar-refractivity contribution in [2.75, 3.05) is 6.54 Å². The van der Waals surface area contributed by atoms with Gasteiger partial charge in [-0.25, -0.2) is 0 Å². The molecular formula is C24H29Cl2N5O5. The quantitative estimate of drug-likeness (QED) is 0.112. The predicted octanol–water partition coefficient (Wildman–Crippen LogP) is 2.75. The van der Waals surface area contributed by atoms with Gasteiger partial charge in [0, 0.05) is 23.1 Å². The van der Waals surface area contributed by atoms with Crippen LogP contribution in [0.4, 0.5) is 0 Å². The van der Waals surface area contributed by atoms with Crippen LogP contribution in [0, 0.1) is 5.41 Å². The zero-order valence-electron chi connectivity index (χ0n) is 19.7. The normalized spacial score (nSPS) is 13.3. The number of carboxylic acids is 1. The number of Topliss-reactive ketones (excluding diaryl/α,β-unsaturated/α-hetero) is 1. The van der Waals surface area contributed by atoms with Gasteiger partial charge >= 0.3 is 5.97 Å². The lowest BCUT2D eigenvalue weighted by molar-refractivity contribution is -0.142. The van der Waals surface area contributed by atoms with Crippen molar-refractivity contribution in [1.29, 1.82) is 5.41 Å². The number of guanidine groups is 1. The van der Waals surface area contributed by atoms with Gasteiger partial charge in [-0.15, -0.1) is 0 Å². The Kier molecular flexibility index (Phi) is 10.7. The van der Waals surface area contributed by atoms with Crippen LogP contribution in [0.3, 0.4) is 0 Å². The second-order valence-corrected chi connectivity index (χ2v) is 9.07. The summed E-state index contributed by atoms with van der Waals surface area (Å²) in [6.45, 7) is 1.58. The smallest absolute Gasteiger partial charge is 0.320 e. The summed E-state index contributed by atoms with van der Waals surface area (Å²) in [4.78, 5) is 38.0. The summed E-state index contributed by atoms with van der Waals surface area (Å²) < 4.78 is 5.96. The highest BCUT2D eigenvalue weighted by Crippen LogP contribution is 2.22. The van der Waals surface area contributed by atoms with Crippen LogP contribution in [0.1, 0.15) is 31.7 Å². The molecule has 12 heteroatoms. The maximum Gasteiger partial charge on any atom is 0.320 e. The van der Waals surface area contributed by atoms with Gasteiger partial charge in [0.1, 0.15) is 11.8 Å². The fraction of sp³-hybridized carbons (Fsp3) is 0.333. The molecule has 0 fully saturated rings. The first-order valence-electron chi connectivity index (χ1n) is 11.0. The fourth-order valence-corrected chi connectivity index (χ4v) is 3.84. The number of amides is 1. The minimum Gasteiger partial charge on any atom is -0.480 e. The Morgan fingerprint density at radius 2 is 1.78 bits per heavy atom. The van der Waals surface area contributed by atoms with Crippen molar-refractivity contribution in [3.63, 3.8) is 0 Å². The highest BCUT2D eigenvalue weighted by atomic mass is 35.5. The minimum absolute atomic E-state index is 0.0624. The number of nitrogens with zero attached hydrogens (tertiary/aromatic N) is 1. The number of hydrogen-bond acceptors (Lipinski definition) is 7. The molecule has 2 rings (SSSR count). The highest BCUT2D eigenvalue weighted by molar-refractivity contribution is 6.34. The Morgan fingerprint density at radius 3 is 2.33 bits per heavy atom. The third-order valence-electron chi connectivity index (χ3n) is 5.27. The standard InChI is InChI=1S/C24H29Cl2N5O5/c1-24(36-18-6-3-2-4-7-18,30-14-15-10-16(25)12-17(26)11-15)20(32)13-21(33)31(23(28)29)9-5-8-19(27)22(34)35/h2-4,6-7,10-12,19,30H,5,8-9,13-14,27H2,1H3,(H3,28,29)(H,34,35). The molecule has 2 aromatic carbocycles. The maximum absolute atomic E-state index is 13.3. The first kappa shape index (κ1) is 29.1. The van der Waals surface area contributed by atoms with Gasteiger partial charge < -0.3 is 21.3 Å². The number of benzene rings is 2. The Balaban J connectivity index is 2.17. The molecule has 194 valence electrons. The number of aliphatic carboxylic acids is 1. The Morgan fingerprint density at radius 1 is 1.17 bits per heavy atom. The number of hydrogen-bond donors (Lipinski definition) is 5. The van der Waals surface area contributed by atoms with E-state index in [-0.39, 0.29) is 25.9 Å². The van der Waals surface area contributed by atoms with Crippen LogP contribution in [0.5, 0.6) is 5.75 Å². The summed E-state index contributed by atoms with van der Waals surface area (Å²) >= 11 is 12.1. The van der Waals surface area contributed by atoms with Crippen molar-refractivity contribution in [3.8, 4) is 5.75 Å². The van der Waals surface area contributed by atoms with E-state index in [4.69, 9.17) is 49.9 Å². The van der Waals surface area contributed by atoms with E-state index in [1.54, 1.807) is 48.5 Å². The van der Waals surface area contributed by atoms with Gasteiger partial charge in [0.2, 0.25) is 17.4 Å². The number of carbonyl (C=O) groups is 3. The number of para-hydroxylation sites is 1. The van der Waals surface area contributed by atoms with E-state index in [1.807, 2.05) is 0 Å². The molecule has 10 nitrogen and oxygen atoms in total. The molecular weight excluding hydrogens is 509 g/mol. The van der Waals surface area contributed by atoms with E-state index in [9.17, 15) is 14.4 Å². The summed E-state index contributed by atoms with van der Waals surface area (Å²) in [6, 6.07) is 12.4. The summed E-state index contributed by atoms with van der Waals surface area (Å²) in [5.74, 6) is -2.69. The summed E-state index contributed by atoms with van der Waals surface area (Å²) in [5.41, 5.74) is 10.1. The third-order valence-corrected chi connectivity index (χ3v) is 5.70. The van der Waals surface area contributed by atoms with Gasteiger partial charge in [-0.2, -0.15) is 0 Å². The summed E-state index contributed by atoms with van der Waals surface area (Å²) in [6.07, 6.45) is -0.380. The first-order chi connectivity index (χ1) is 16.9. The average molecular weight is 538 g/mol. The largest absolute Gasteiger partial charge is 0.480 e. The number of halogens is 2. The van der Waals surface area contributed by atoms with E-state index in [0.29, 0.717) is 21.4 Å². The van der Waals surface area contributed by atoms with Crippen LogP contribution < -0.4 is 21.5 Å². The van der Waals surface area contributed by atoms with Crippen molar-refractivity contribution >= 4 is 46.8 Å². The molecule has 2 unspecified atom stereocenters. The van der Waals surface area contributed by atoms with Crippen LogP contribution >= 0.6 is 23.2 Å². The molecule has 0 heterocycles. The van der Waals surface area contributed by atoms with Crippen molar-refractivity contribution in [1.82, 2.24) is 10.2 Å². The van der Waals surface area contributed by atoms with Gasteiger partial charge in [-0.1, -0.05) is 41.4 Å². The molecule has 0 aliphatic carbocycles. The maximum atomic E-state index is 13.3. The lowest BCUT2D eigenvalue weighted by Gasteiger charge is -2.31. The molecule has 0 aliphatic heterocycles. The molecule has 0 saturated carbocycles. The number of nitrogens with one attached hydrogen (secondary N) is 2. The molecule has 1 amide bonds. The SMILES string of the molecule is CC(NCc1cc(Cl)cc(Cl)c1)(Oc1ccccc1)C(=O)CC(=O)N(CCCC(N)C(=O)O)C(=N)N. The van der Waals surface area contributed by atoms with E-state index < -0.39 is 41.8 Å². The van der Waals surface area contributed by atoms with Gasteiger partial charge in [0.05, 0.1) is 6.42 Å². The number of nitrogens with two attached hydrogens (primary N) is 2. The number of ketones is 1. The van der Waals surface area contributed by atoms with Crippen LogP contribution in [-0.4, -0.2) is 51.9 Å². The Hall–Kier alpha value is -3.18. The zero-order chi connectivity index (χ0) is 26.9. The Labute approximate surface area is 219 Å². The monoisotopic (exact) mass is 537 g/mol. The van der Waals surface area contributed by atoms with Crippen LogP contribution in [0.2, 0.25) is 10.0 Å². The summed E-state index contributed by atoms with van der Waals surface area (Å²) in [7, 11) is 0. The molecule has 0 radical (unpaired) electrons. The van der Waals surface area contributed by atoms with E-state index in [2.05, 4.69) is 5.32 Å². The predicted molar refractivity (Wildman–Crippen MR) is 137 cm³/mol. The molecule has 0 saturated heterocycles. The molecule has 0 bridgehead atoms. The van der Waals surface area contributed by atoms with Crippen molar-refractivity contribution in [2.24, 2.45) is 11.5 Å². The van der Waals surface area contributed by atoms with Gasteiger partial charge in [-0.05, 0) is 55.7 Å². The molecule has 2 atom stereocenters. The van der Waals surface area contributed by atoms with Crippen LogP contribution in [-0.2, 0) is 20.9 Å². The van der Waals surface area contributed by atoms with Crippen molar-refractivity contribution < 1.29 is 24.2 Å². The summed E-state index contributed by atoms with van der Waals surface area (Å²) in [5, 5.41) is 20.5. The number of ether oxygens (including phenoxy) is 1. The van der Waals surface area contributed by atoms with Gasteiger partial charge in [0.25, 0.3) is 0 Å². The molecule has 7 N–H and O–H groups in total. The van der Waals surface area contributed by atoms with Crippen LogP contribution in [0.15, 0.2) is 48.5 Å². The molecule has 0 aromatic heterocycles. The fourth-order valence-electron chi connectivity index (χ4n) is 3.27. The van der Waals surface area contributed by atoms with Crippen LogP contribution in [0.25, 0.3) is 0 Å². The van der Waals surface area contributed by atoms with E-state index >= 15 is 0 Å². The lowest BCUT2D eigenvalue weighted by Crippen LogP contribution is -2.55. The zero-order valence-corrected chi connectivity index (χ0v) is 21.2. The second kappa shape index (κ2) is 13.2. The van der Waals surface area contributed by atoms with Gasteiger partial charge in [-0.3, -0.25) is 30.0 Å². The second-order valence-electron chi connectivity index (χ2n) is 8.20. The lowest BCUT2D eigenvalue weighted by atomic mass is 10.0. The van der Waals surface area contributed by atoms with E-state index in [0.717, 1.165) is 4.90 Å². The molecule has 0 aliphatic rings. The number of carboxylic acid groups (broad SMARTS) is 1. The minimum atomic E-state index is -1.64.